The molecule has 0 bridgehead atoms. The van der Waals surface area contributed by atoms with Gasteiger partial charge in [-0.15, -0.1) is 5.73 Å². The fraction of sp³-hybridized carbons (Fsp3) is 0.358. The molecule has 4 aromatic carbocycles. The maximum Gasteiger partial charge on any atom is 0.311 e. The van der Waals surface area contributed by atoms with E-state index in [1.54, 1.807) is 0 Å². The van der Waals surface area contributed by atoms with Crippen molar-refractivity contribution >= 4 is 40.6 Å². The molecule has 8 heteroatoms. The van der Waals surface area contributed by atoms with Crippen molar-refractivity contribution in [3.8, 4) is 11.5 Å². The maximum atomic E-state index is 12.4. The number of rotatable bonds is 17. The minimum Gasteiger partial charge on any atom is -1.00 e. The van der Waals surface area contributed by atoms with E-state index in [0.717, 1.165) is 75.2 Å². The topological polar surface area (TPSA) is 58.8 Å². The number of hydrogen-bond acceptors (Lipinski definition) is 5. The summed E-state index contributed by atoms with van der Waals surface area (Å²) in [6, 6.07) is 35.9. The van der Waals surface area contributed by atoms with Crippen molar-refractivity contribution in [3.05, 3.63) is 161 Å². The van der Waals surface area contributed by atoms with Gasteiger partial charge in [0.1, 0.15) is 18.0 Å². The number of nitrogens with zero attached hydrogens (tertiary/aromatic N) is 2. The second-order valence-electron chi connectivity index (χ2n) is 17.2. The first-order chi connectivity index (χ1) is 29.0. The summed E-state index contributed by atoms with van der Waals surface area (Å²) in [5.74, 6) is 0.913. The van der Waals surface area contributed by atoms with Gasteiger partial charge in [0, 0.05) is 65.6 Å². The van der Waals surface area contributed by atoms with E-state index in [4.69, 9.17) is 21.1 Å². The van der Waals surface area contributed by atoms with Crippen molar-refractivity contribution in [3.63, 3.8) is 0 Å². The van der Waals surface area contributed by atoms with Crippen LogP contribution in [0.15, 0.2) is 149 Å². The zero-order chi connectivity index (χ0) is 42.1. The zero-order valence-electron chi connectivity index (χ0n) is 36.0. The van der Waals surface area contributed by atoms with E-state index in [-0.39, 0.29) is 41.1 Å². The SMILES string of the molecule is CC1(C)C(=C=CC2CCC(/C=C/C3=[N+](CCCCCC(=O)Oc4ccccc4)c4ccccc4C3(C)C)=C2Cl)N(CCCCCC(=O)Oc2ccccc2)c2ccccc21.[Cl-]. The maximum absolute atomic E-state index is 12.4. The van der Waals surface area contributed by atoms with Crippen LogP contribution in [0.5, 0.6) is 11.5 Å². The van der Waals surface area contributed by atoms with E-state index >= 15 is 0 Å². The van der Waals surface area contributed by atoms with Crippen LogP contribution in [-0.4, -0.2) is 35.3 Å². The van der Waals surface area contributed by atoms with Crippen LogP contribution in [0, 0.1) is 5.92 Å². The predicted molar refractivity (Wildman–Crippen MR) is 244 cm³/mol. The number of carbonyl (C=O) groups excluding carboxylic acids is 2. The number of anilines is 1. The summed E-state index contributed by atoms with van der Waals surface area (Å²) in [4.78, 5) is 27.3. The molecule has 0 radical (unpaired) electrons. The van der Waals surface area contributed by atoms with Crippen molar-refractivity contribution < 1.29 is 36.0 Å². The Morgan fingerprint density at radius 1 is 0.721 bits per heavy atom. The monoisotopic (exact) mass is 856 g/mol. The number of allylic oxidation sites excluding steroid dienone is 5. The van der Waals surface area contributed by atoms with E-state index in [2.05, 4.69) is 110 Å². The van der Waals surface area contributed by atoms with Gasteiger partial charge < -0.3 is 26.8 Å². The molecule has 2 aliphatic heterocycles. The molecule has 0 saturated carbocycles. The van der Waals surface area contributed by atoms with E-state index in [1.165, 1.54) is 33.8 Å². The first-order valence-corrected chi connectivity index (χ1v) is 22.1. The zero-order valence-corrected chi connectivity index (χ0v) is 37.5. The van der Waals surface area contributed by atoms with Crippen LogP contribution in [0.25, 0.3) is 0 Å². The highest BCUT2D eigenvalue weighted by atomic mass is 35.5. The molecule has 61 heavy (non-hydrogen) atoms. The molecule has 3 aliphatic rings. The number of fused-ring (bicyclic) bond motifs is 2. The first kappa shape index (κ1) is 45.4. The van der Waals surface area contributed by atoms with Crippen LogP contribution in [-0.2, 0) is 20.4 Å². The van der Waals surface area contributed by atoms with Crippen LogP contribution in [0.2, 0.25) is 0 Å². The second-order valence-corrected chi connectivity index (χ2v) is 17.6. The Kier molecular flexibility index (Phi) is 15.3. The van der Waals surface area contributed by atoms with Gasteiger partial charge in [-0.1, -0.05) is 96.9 Å². The summed E-state index contributed by atoms with van der Waals surface area (Å²) in [5, 5.41) is 0.893. The molecule has 1 atom stereocenters. The summed E-state index contributed by atoms with van der Waals surface area (Å²) in [5.41, 5.74) is 12.1. The molecule has 2 heterocycles. The molecule has 0 N–H and O–H groups in total. The average molecular weight is 858 g/mol. The number of ether oxygens (including phenoxy) is 2. The van der Waals surface area contributed by atoms with Gasteiger partial charge in [0.2, 0.25) is 5.69 Å². The number of carbonyl (C=O) groups is 2. The van der Waals surface area contributed by atoms with Gasteiger partial charge >= 0.3 is 11.9 Å². The number of hydrogen-bond donors (Lipinski definition) is 0. The Balaban J connectivity index is 0.00000622. The molecule has 4 aromatic rings. The molecule has 318 valence electrons. The number of unbranched alkanes of at least 4 members (excludes halogenated alkanes) is 4. The Morgan fingerprint density at radius 3 is 1.95 bits per heavy atom. The third kappa shape index (κ3) is 10.7. The lowest BCUT2D eigenvalue weighted by Gasteiger charge is -2.25. The standard InChI is InChI=1S/C53H58ClN2O4.ClH/c1-52(2)43-25-15-17-27-45(43)55(37-19-7-13-29-49(57)59-41-21-9-5-10-22-41)47(52)35-33-39-31-32-40(51(39)54)34-36-48-53(3,4)44-26-16-18-28-46(44)56(48)38-20-8-14-30-50(58)60-42-23-11-6-12-24-42;/h5-6,9-12,15-18,21-28,33-35,40H,7-8,13-14,19-20,29-32,37-38H2,1-4H3;1H/q+1;/p-1/b35-33+;. The minimum atomic E-state index is -0.210. The molecule has 1 unspecified atom stereocenters. The van der Waals surface area contributed by atoms with E-state index in [9.17, 15) is 9.59 Å². The molecule has 0 aromatic heterocycles. The highest BCUT2D eigenvalue weighted by Crippen LogP contribution is 2.48. The summed E-state index contributed by atoms with van der Waals surface area (Å²) in [7, 11) is 0. The van der Waals surface area contributed by atoms with Crippen LogP contribution < -0.4 is 26.8 Å². The van der Waals surface area contributed by atoms with Gasteiger partial charge in [-0.25, -0.2) is 0 Å². The molecule has 0 fully saturated rings. The molecule has 0 amide bonds. The smallest absolute Gasteiger partial charge is 0.311 e. The van der Waals surface area contributed by atoms with Gasteiger partial charge in [-0.2, -0.15) is 4.58 Å². The fourth-order valence-electron chi connectivity index (χ4n) is 8.94. The number of para-hydroxylation sites is 4. The van der Waals surface area contributed by atoms with E-state index in [0.29, 0.717) is 24.3 Å². The lowest BCUT2D eigenvalue weighted by Crippen LogP contribution is -3.00. The quantitative estimate of drug-likeness (QED) is 0.0348. The van der Waals surface area contributed by atoms with E-state index in [1.807, 2.05) is 60.7 Å². The first-order valence-electron chi connectivity index (χ1n) is 21.7. The van der Waals surface area contributed by atoms with Crippen molar-refractivity contribution in [2.45, 2.75) is 103 Å². The van der Waals surface area contributed by atoms with Crippen molar-refractivity contribution in [2.24, 2.45) is 5.92 Å². The molecule has 1 aliphatic carbocycles. The summed E-state index contributed by atoms with van der Waals surface area (Å²) >= 11 is 7.23. The summed E-state index contributed by atoms with van der Waals surface area (Å²) in [6.45, 7) is 10.9. The largest absolute Gasteiger partial charge is 1.00 e. The Labute approximate surface area is 373 Å². The lowest BCUT2D eigenvalue weighted by atomic mass is 9.81. The third-order valence-electron chi connectivity index (χ3n) is 12.2. The Morgan fingerprint density at radius 2 is 1.30 bits per heavy atom. The molecule has 0 spiro atoms. The molecule has 0 saturated heterocycles. The van der Waals surface area contributed by atoms with Crippen LogP contribution in [0.1, 0.15) is 103 Å². The normalized spacial score (nSPS) is 17.2. The molecular weight excluding hydrogens is 799 g/mol. The molecule has 6 nitrogen and oxygen atoms in total. The van der Waals surface area contributed by atoms with Crippen LogP contribution in [0.4, 0.5) is 11.4 Å². The lowest BCUT2D eigenvalue weighted by molar-refractivity contribution is -0.438. The van der Waals surface area contributed by atoms with Crippen LogP contribution in [0.3, 0.4) is 0 Å². The summed E-state index contributed by atoms with van der Waals surface area (Å²) in [6.07, 6.45) is 14.8. The Hall–Kier alpha value is -5.13. The van der Waals surface area contributed by atoms with Crippen molar-refractivity contribution in [1.82, 2.24) is 0 Å². The molecule has 7 rings (SSSR count). The van der Waals surface area contributed by atoms with Gasteiger partial charge in [0.15, 0.2) is 5.71 Å². The van der Waals surface area contributed by atoms with Gasteiger partial charge in [0.25, 0.3) is 0 Å². The van der Waals surface area contributed by atoms with Gasteiger partial charge in [0.05, 0.1) is 11.1 Å². The van der Waals surface area contributed by atoms with E-state index < -0.39 is 0 Å². The minimum absolute atomic E-state index is 0. The van der Waals surface area contributed by atoms with Gasteiger partial charge in [-0.3, -0.25) is 9.59 Å². The summed E-state index contributed by atoms with van der Waals surface area (Å²) < 4.78 is 13.4. The number of halogens is 2. The number of benzene rings is 4. The Bertz CT molecular complexity index is 2340. The van der Waals surface area contributed by atoms with Crippen molar-refractivity contribution in [1.29, 1.82) is 0 Å². The second kappa shape index (κ2) is 20.6. The fourth-order valence-corrected chi connectivity index (χ4v) is 9.27. The van der Waals surface area contributed by atoms with Gasteiger partial charge in [-0.05, 0) is 114 Å². The average Bonchev–Trinajstić information content (AvgIpc) is 3.78. The highest BCUT2D eigenvalue weighted by Gasteiger charge is 2.44. The highest BCUT2D eigenvalue weighted by molar-refractivity contribution is 6.30. The predicted octanol–water partition coefficient (Wildman–Crippen LogP) is 9.69. The molecular formula is C53H58Cl2N2O4. The van der Waals surface area contributed by atoms with Crippen molar-refractivity contribution in [2.75, 3.05) is 18.0 Å². The van der Waals surface area contributed by atoms with Crippen LogP contribution >= 0.6 is 11.6 Å². The number of esters is 2. The third-order valence-corrected chi connectivity index (χ3v) is 12.7.